The molecule has 27 heavy (non-hydrogen) atoms. The van der Waals surface area contributed by atoms with E-state index >= 15 is 0 Å². The van der Waals surface area contributed by atoms with Crippen LogP contribution in [-0.2, 0) is 6.54 Å². The van der Waals surface area contributed by atoms with Crippen molar-refractivity contribution < 1.29 is 13.6 Å². The molecule has 1 aromatic heterocycles. The van der Waals surface area contributed by atoms with Crippen LogP contribution in [0.1, 0.15) is 22.8 Å². The summed E-state index contributed by atoms with van der Waals surface area (Å²) in [5.41, 5.74) is 1.60. The second kappa shape index (κ2) is 8.40. The molecular weight excluding hydrogens is 348 g/mol. The molecule has 0 atom stereocenters. The lowest BCUT2D eigenvalue weighted by Crippen LogP contribution is -2.30. The van der Waals surface area contributed by atoms with Crippen LogP contribution in [0.2, 0.25) is 0 Å². The van der Waals surface area contributed by atoms with Gasteiger partial charge < -0.3 is 10.2 Å². The van der Waals surface area contributed by atoms with Gasteiger partial charge in [0.25, 0.3) is 5.91 Å². The number of aromatic nitrogens is 1. The van der Waals surface area contributed by atoms with E-state index in [1.54, 1.807) is 17.0 Å². The Kier molecular flexibility index (Phi) is 5.76. The number of benzene rings is 2. The van der Waals surface area contributed by atoms with Crippen LogP contribution in [0.4, 0.5) is 20.3 Å². The number of amides is 1. The molecule has 0 fully saturated rings. The van der Waals surface area contributed by atoms with Crippen LogP contribution < -0.4 is 5.32 Å². The van der Waals surface area contributed by atoms with Gasteiger partial charge in [0.2, 0.25) is 0 Å². The number of hydrogen-bond donors (Lipinski definition) is 1. The van der Waals surface area contributed by atoms with Gasteiger partial charge in [0.15, 0.2) is 0 Å². The zero-order valence-electron chi connectivity index (χ0n) is 14.8. The summed E-state index contributed by atoms with van der Waals surface area (Å²) in [6.45, 7) is 2.99. The van der Waals surface area contributed by atoms with Crippen molar-refractivity contribution in [2.75, 3.05) is 11.9 Å². The first-order chi connectivity index (χ1) is 13.1. The number of hydrogen-bond acceptors (Lipinski definition) is 3. The number of carbonyl (C=O) groups excluding carboxylic acids is 1. The molecule has 3 rings (SSSR count). The fraction of sp³-hybridized carbons (Fsp3) is 0.143. The summed E-state index contributed by atoms with van der Waals surface area (Å²) in [6.07, 6.45) is 1.44. The average molecular weight is 367 g/mol. The van der Waals surface area contributed by atoms with Crippen LogP contribution in [0, 0.1) is 11.6 Å². The first kappa shape index (κ1) is 18.5. The molecule has 138 valence electrons. The van der Waals surface area contributed by atoms with Gasteiger partial charge in [-0.3, -0.25) is 4.79 Å². The van der Waals surface area contributed by atoms with E-state index in [2.05, 4.69) is 10.3 Å². The lowest BCUT2D eigenvalue weighted by Gasteiger charge is -2.21. The molecule has 0 radical (unpaired) electrons. The van der Waals surface area contributed by atoms with Crippen molar-refractivity contribution in [2.45, 2.75) is 13.5 Å². The molecule has 0 spiro atoms. The summed E-state index contributed by atoms with van der Waals surface area (Å²) < 4.78 is 26.7. The van der Waals surface area contributed by atoms with Crippen molar-refractivity contribution in [3.8, 4) is 0 Å². The largest absolute Gasteiger partial charge is 0.338 e. The third kappa shape index (κ3) is 4.67. The minimum Gasteiger partial charge on any atom is -0.338 e. The Bertz CT molecular complexity index is 914. The molecule has 6 heteroatoms. The molecule has 2 aromatic carbocycles. The molecule has 0 aliphatic rings. The second-order valence-corrected chi connectivity index (χ2v) is 5.99. The molecular formula is C21H19F2N3O. The quantitative estimate of drug-likeness (QED) is 0.683. The third-order valence-corrected chi connectivity index (χ3v) is 4.09. The van der Waals surface area contributed by atoms with Crippen LogP contribution in [0.5, 0.6) is 0 Å². The molecule has 0 bridgehead atoms. The van der Waals surface area contributed by atoms with Gasteiger partial charge in [-0.1, -0.05) is 30.3 Å². The van der Waals surface area contributed by atoms with Crippen molar-refractivity contribution in [3.63, 3.8) is 0 Å². The predicted molar refractivity (Wildman–Crippen MR) is 101 cm³/mol. The first-order valence-corrected chi connectivity index (χ1v) is 8.58. The number of nitrogens with zero attached hydrogens (tertiary/aromatic N) is 2. The SMILES string of the molecule is CCN(Cc1ccccc1)C(=O)c1ccc(Nc2ccc(F)cc2F)nc1. The van der Waals surface area contributed by atoms with E-state index < -0.39 is 11.6 Å². The Hall–Kier alpha value is -3.28. The molecule has 0 saturated heterocycles. The summed E-state index contributed by atoms with van der Waals surface area (Å²) in [5.74, 6) is -1.13. The summed E-state index contributed by atoms with van der Waals surface area (Å²) in [7, 11) is 0. The monoisotopic (exact) mass is 367 g/mol. The van der Waals surface area contributed by atoms with Crippen molar-refractivity contribution in [3.05, 3.63) is 89.6 Å². The van der Waals surface area contributed by atoms with E-state index in [-0.39, 0.29) is 11.6 Å². The summed E-state index contributed by atoms with van der Waals surface area (Å²) in [4.78, 5) is 18.6. The lowest BCUT2D eigenvalue weighted by molar-refractivity contribution is 0.0752. The van der Waals surface area contributed by atoms with Crippen LogP contribution in [0.15, 0.2) is 66.9 Å². The number of pyridine rings is 1. The molecule has 1 N–H and O–H groups in total. The highest BCUT2D eigenvalue weighted by atomic mass is 19.1. The highest BCUT2D eigenvalue weighted by molar-refractivity contribution is 5.94. The Morgan fingerprint density at radius 1 is 1.07 bits per heavy atom. The summed E-state index contributed by atoms with van der Waals surface area (Å²) in [6, 6.07) is 16.2. The lowest BCUT2D eigenvalue weighted by atomic mass is 10.2. The van der Waals surface area contributed by atoms with Gasteiger partial charge >= 0.3 is 0 Å². The van der Waals surface area contributed by atoms with Crippen molar-refractivity contribution in [2.24, 2.45) is 0 Å². The highest BCUT2D eigenvalue weighted by Gasteiger charge is 2.15. The van der Waals surface area contributed by atoms with E-state index in [0.29, 0.717) is 24.5 Å². The number of anilines is 2. The fourth-order valence-corrected chi connectivity index (χ4v) is 2.64. The van der Waals surface area contributed by atoms with Gasteiger partial charge in [-0.25, -0.2) is 13.8 Å². The minimum absolute atomic E-state index is 0.113. The Morgan fingerprint density at radius 2 is 1.85 bits per heavy atom. The second-order valence-electron chi connectivity index (χ2n) is 5.99. The Balaban J connectivity index is 1.70. The predicted octanol–water partition coefficient (Wildman–Crippen LogP) is 4.77. The van der Waals surface area contributed by atoms with Gasteiger partial charge in [0, 0.05) is 25.4 Å². The van der Waals surface area contributed by atoms with Crippen molar-refractivity contribution in [1.29, 1.82) is 0 Å². The molecule has 1 heterocycles. The van der Waals surface area contributed by atoms with Crippen LogP contribution in [-0.4, -0.2) is 22.3 Å². The maximum absolute atomic E-state index is 13.7. The summed E-state index contributed by atoms with van der Waals surface area (Å²) in [5, 5.41) is 2.77. The van der Waals surface area contributed by atoms with Crippen LogP contribution >= 0.6 is 0 Å². The number of nitrogens with one attached hydrogen (secondary N) is 1. The molecule has 0 saturated carbocycles. The van der Waals surface area contributed by atoms with E-state index in [1.165, 1.54) is 12.3 Å². The van der Waals surface area contributed by atoms with E-state index in [9.17, 15) is 13.6 Å². The zero-order chi connectivity index (χ0) is 19.2. The van der Waals surface area contributed by atoms with E-state index in [1.807, 2.05) is 37.3 Å². The van der Waals surface area contributed by atoms with Gasteiger partial charge in [-0.05, 0) is 36.8 Å². The maximum Gasteiger partial charge on any atom is 0.255 e. The topological polar surface area (TPSA) is 45.2 Å². The third-order valence-electron chi connectivity index (χ3n) is 4.09. The molecule has 0 unspecified atom stereocenters. The van der Waals surface area contributed by atoms with Gasteiger partial charge in [0.05, 0.1) is 11.3 Å². The molecule has 3 aromatic rings. The first-order valence-electron chi connectivity index (χ1n) is 8.58. The van der Waals surface area contributed by atoms with Gasteiger partial charge in [0.1, 0.15) is 17.5 Å². The van der Waals surface area contributed by atoms with Crippen molar-refractivity contribution >= 4 is 17.4 Å². The smallest absolute Gasteiger partial charge is 0.255 e. The standard InChI is InChI=1S/C21H19F2N3O/c1-2-26(14-15-6-4-3-5-7-15)21(27)16-8-11-20(24-13-16)25-19-10-9-17(22)12-18(19)23/h3-13H,2,14H2,1H3,(H,24,25). The van der Waals surface area contributed by atoms with Crippen LogP contribution in [0.25, 0.3) is 0 Å². The number of carbonyl (C=O) groups is 1. The minimum atomic E-state index is -0.711. The summed E-state index contributed by atoms with van der Waals surface area (Å²) >= 11 is 0. The van der Waals surface area contributed by atoms with E-state index in [0.717, 1.165) is 17.7 Å². The molecule has 0 aliphatic heterocycles. The average Bonchev–Trinajstić information content (AvgIpc) is 2.69. The Morgan fingerprint density at radius 3 is 2.48 bits per heavy atom. The fourth-order valence-electron chi connectivity index (χ4n) is 2.64. The number of rotatable bonds is 6. The van der Waals surface area contributed by atoms with Crippen LogP contribution in [0.3, 0.4) is 0 Å². The molecule has 0 aliphatic carbocycles. The molecule has 4 nitrogen and oxygen atoms in total. The van der Waals surface area contributed by atoms with Gasteiger partial charge in [-0.2, -0.15) is 0 Å². The highest BCUT2D eigenvalue weighted by Crippen LogP contribution is 2.20. The van der Waals surface area contributed by atoms with E-state index in [4.69, 9.17) is 0 Å². The normalized spacial score (nSPS) is 10.5. The Labute approximate surface area is 156 Å². The maximum atomic E-state index is 13.7. The molecule has 1 amide bonds. The number of halogens is 2. The zero-order valence-corrected chi connectivity index (χ0v) is 14.8. The van der Waals surface area contributed by atoms with Gasteiger partial charge in [-0.15, -0.1) is 0 Å². The van der Waals surface area contributed by atoms with Crippen molar-refractivity contribution in [1.82, 2.24) is 9.88 Å².